The average Bonchev–Trinajstić information content (AvgIpc) is 2.56. The fourth-order valence-electron chi connectivity index (χ4n) is 3.16. The highest BCUT2D eigenvalue weighted by Gasteiger charge is 2.33. The van der Waals surface area contributed by atoms with Crippen LogP contribution in [0.5, 0.6) is 0 Å². The minimum absolute atomic E-state index is 0.115. The number of imide groups is 1. The first-order valence-corrected chi connectivity index (χ1v) is 7.87. The van der Waals surface area contributed by atoms with Crippen molar-refractivity contribution in [1.82, 2.24) is 4.90 Å². The van der Waals surface area contributed by atoms with E-state index in [0.717, 1.165) is 16.3 Å². The van der Waals surface area contributed by atoms with Gasteiger partial charge in [-0.3, -0.25) is 14.5 Å². The second-order valence-electron chi connectivity index (χ2n) is 6.05. The lowest BCUT2D eigenvalue weighted by Gasteiger charge is -2.29. The molecule has 4 N–H and O–H groups in total. The zero-order chi connectivity index (χ0) is 16.6. The Labute approximate surface area is 135 Å². The molecule has 1 aliphatic rings. The molecule has 120 valence electrons. The molecule has 0 atom stereocenters. The number of carbonyl (C=O) groups excluding carboxylic acids is 2. The Bertz CT molecular complexity index is 781. The predicted octanol–water partition coefficient (Wildman–Crippen LogP) is 1.67. The molecule has 5 heteroatoms. The van der Waals surface area contributed by atoms with E-state index in [0.29, 0.717) is 37.2 Å². The largest absolute Gasteiger partial charge is 0.330 e. The van der Waals surface area contributed by atoms with Gasteiger partial charge in [-0.1, -0.05) is 24.3 Å². The van der Waals surface area contributed by atoms with Gasteiger partial charge in [0.2, 0.25) is 0 Å². The maximum absolute atomic E-state index is 12.9. The summed E-state index contributed by atoms with van der Waals surface area (Å²) in [5.41, 5.74) is 13.4. The molecule has 5 nitrogen and oxygen atoms in total. The van der Waals surface area contributed by atoms with Crippen LogP contribution >= 0.6 is 0 Å². The molecule has 2 amide bonds. The van der Waals surface area contributed by atoms with Gasteiger partial charge in [0.05, 0.1) is 5.56 Å². The van der Waals surface area contributed by atoms with E-state index in [4.69, 9.17) is 11.5 Å². The topological polar surface area (TPSA) is 89.4 Å². The van der Waals surface area contributed by atoms with Crippen molar-refractivity contribution in [2.75, 3.05) is 19.6 Å². The van der Waals surface area contributed by atoms with Gasteiger partial charge in [-0.05, 0) is 49.4 Å². The van der Waals surface area contributed by atoms with Crippen molar-refractivity contribution in [2.45, 2.75) is 13.3 Å². The van der Waals surface area contributed by atoms with E-state index in [2.05, 4.69) is 0 Å². The van der Waals surface area contributed by atoms with Crippen LogP contribution in [0.2, 0.25) is 0 Å². The molecule has 0 bridgehead atoms. The van der Waals surface area contributed by atoms with Crippen molar-refractivity contribution in [2.24, 2.45) is 17.4 Å². The molecular formula is C18H21N3O2. The zero-order valence-electron chi connectivity index (χ0n) is 13.2. The summed E-state index contributed by atoms with van der Waals surface area (Å²) in [7, 11) is 0. The van der Waals surface area contributed by atoms with Crippen molar-refractivity contribution < 1.29 is 9.59 Å². The Morgan fingerprint density at radius 2 is 1.78 bits per heavy atom. The average molecular weight is 311 g/mol. The third kappa shape index (κ3) is 2.52. The number of nitrogens with zero attached hydrogens (tertiary/aromatic N) is 1. The summed E-state index contributed by atoms with van der Waals surface area (Å²) in [6.45, 7) is 3.16. The van der Waals surface area contributed by atoms with E-state index >= 15 is 0 Å². The molecule has 0 fully saturated rings. The molecule has 0 saturated heterocycles. The predicted molar refractivity (Wildman–Crippen MR) is 90.3 cm³/mol. The second kappa shape index (κ2) is 6.10. The van der Waals surface area contributed by atoms with Gasteiger partial charge >= 0.3 is 0 Å². The normalized spacial score (nSPS) is 14.2. The molecule has 0 radical (unpaired) electrons. The molecule has 1 aliphatic heterocycles. The quantitative estimate of drug-likeness (QED) is 0.822. The van der Waals surface area contributed by atoms with Crippen LogP contribution in [0.4, 0.5) is 0 Å². The molecular weight excluding hydrogens is 290 g/mol. The molecule has 2 aromatic carbocycles. The van der Waals surface area contributed by atoms with Gasteiger partial charge in [0.15, 0.2) is 0 Å². The summed E-state index contributed by atoms with van der Waals surface area (Å²) in [4.78, 5) is 27.0. The highest BCUT2D eigenvalue weighted by atomic mass is 16.2. The maximum Gasteiger partial charge on any atom is 0.261 e. The van der Waals surface area contributed by atoms with Crippen molar-refractivity contribution >= 4 is 22.6 Å². The minimum atomic E-state index is -0.230. The summed E-state index contributed by atoms with van der Waals surface area (Å²) < 4.78 is 0. The van der Waals surface area contributed by atoms with Crippen molar-refractivity contribution in [3.63, 3.8) is 0 Å². The van der Waals surface area contributed by atoms with Gasteiger partial charge in [0.25, 0.3) is 11.8 Å². The Morgan fingerprint density at radius 3 is 2.48 bits per heavy atom. The molecule has 0 aromatic heterocycles. The van der Waals surface area contributed by atoms with Crippen LogP contribution in [-0.4, -0.2) is 36.3 Å². The fraction of sp³-hybridized carbons (Fsp3) is 0.333. The summed E-state index contributed by atoms with van der Waals surface area (Å²) >= 11 is 0. The van der Waals surface area contributed by atoms with E-state index in [1.54, 1.807) is 6.07 Å². The molecule has 0 unspecified atom stereocenters. The van der Waals surface area contributed by atoms with Gasteiger partial charge in [0.1, 0.15) is 0 Å². The van der Waals surface area contributed by atoms with Gasteiger partial charge in [-0.2, -0.15) is 0 Å². The van der Waals surface area contributed by atoms with Crippen LogP contribution < -0.4 is 11.5 Å². The highest BCUT2D eigenvalue weighted by Crippen LogP contribution is 2.32. The Hall–Kier alpha value is -2.24. The standard InChI is InChI=1S/C18H21N3O2/c1-11-5-6-13-3-2-4-14-16(13)15(11)18(23)21(17(14)22)8-7-12(9-19)10-20/h2-6,12H,7-10,19-20H2,1H3. The summed E-state index contributed by atoms with van der Waals surface area (Å²) in [5, 5.41) is 1.69. The smallest absolute Gasteiger partial charge is 0.261 e. The van der Waals surface area contributed by atoms with E-state index in [-0.39, 0.29) is 17.7 Å². The number of nitrogens with two attached hydrogens (primary N) is 2. The second-order valence-corrected chi connectivity index (χ2v) is 6.05. The molecule has 2 aromatic rings. The first-order chi connectivity index (χ1) is 11.1. The van der Waals surface area contributed by atoms with E-state index < -0.39 is 0 Å². The number of amides is 2. The van der Waals surface area contributed by atoms with E-state index in [1.165, 1.54) is 4.90 Å². The maximum atomic E-state index is 12.9. The van der Waals surface area contributed by atoms with Crippen LogP contribution in [0.25, 0.3) is 10.8 Å². The van der Waals surface area contributed by atoms with Gasteiger partial charge in [0, 0.05) is 17.5 Å². The Kier molecular flexibility index (Phi) is 4.15. The SMILES string of the molecule is Cc1ccc2cccc3c2c1C(=O)N(CCC(CN)CN)C3=O. The van der Waals surface area contributed by atoms with Crippen molar-refractivity contribution in [3.05, 3.63) is 47.0 Å². The number of hydrogen-bond donors (Lipinski definition) is 2. The monoisotopic (exact) mass is 311 g/mol. The summed E-state index contributed by atoms with van der Waals surface area (Å²) in [6, 6.07) is 9.45. The molecule has 0 saturated carbocycles. The third-order valence-electron chi connectivity index (χ3n) is 4.62. The van der Waals surface area contributed by atoms with Crippen molar-refractivity contribution in [3.8, 4) is 0 Å². The van der Waals surface area contributed by atoms with Crippen LogP contribution in [0.15, 0.2) is 30.3 Å². The minimum Gasteiger partial charge on any atom is -0.330 e. The summed E-state index contributed by atoms with van der Waals surface area (Å²) in [5.74, 6) is -0.333. The molecule has 3 rings (SSSR count). The first-order valence-electron chi connectivity index (χ1n) is 7.87. The number of carbonyl (C=O) groups is 2. The van der Waals surface area contributed by atoms with Crippen LogP contribution in [-0.2, 0) is 0 Å². The van der Waals surface area contributed by atoms with E-state index in [1.807, 2.05) is 31.2 Å². The van der Waals surface area contributed by atoms with E-state index in [9.17, 15) is 9.59 Å². The molecule has 1 heterocycles. The number of aryl methyl sites for hydroxylation is 1. The zero-order valence-corrected chi connectivity index (χ0v) is 13.2. The highest BCUT2D eigenvalue weighted by molar-refractivity contribution is 6.26. The Morgan fingerprint density at radius 1 is 1.04 bits per heavy atom. The lowest BCUT2D eigenvalue weighted by Crippen LogP contribution is -2.42. The van der Waals surface area contributed by atoms with Gasteiger partial charge in [-0.15, -0.1) is 0 Å². The van der Waals surface area contributed by atoms with Crippen molar-refractivity contribution in [1.29, 1.82) is 0 Å². The van der Waals surface area contributed by atoms with Gasteiger partial charge < -0.3 is 11.5 Å². The molecule has 0 spiro atoms. The number of benzene rings is 2. The van der Waals surface area contributed by atoms with Crippen LogP contribution in [0.3, 0.4) is 0 Å². The number of hydrogen-bond acceptors (Lipinski definition) is 4. The summed E-state index contributed by atoms with van der Waals surface area (Å²) in [6.07, 6.45) is 0.627. The Balaban J connectivity index is 2.03. The van der Waals surface area contributed by atoms with Gasteiger partial charge in [-0.25, -0.2) is 0 Å². The lowest BCUT2D eigenvalue weighted by atomic mass is 9.90. The fourth-order valence-corrected chi connectivity index (χ4v) is 3.16. The number of rotatable bonds is 5. The first kappa shape index (κ1) is 15.6. The molecule has 23 heavy (non-hydrogen) atoms. The third-order valence-corrected chi connectivity index (χ3v) is 4.62. The molecule has 0 aliphatic carbocycles. The van der Waals surface area contributed by atoms with Crippen LogP contribution in [0.1, 0.15) is 32.7 Å². The van der Waals surface area contributed by atoms with Crippen LogP contribution in [0, 0.1) is 12.8 Å². The lowest BCUT2D eigenvalue weighted by molar-refractivity contribution is 0.0602.